The number of aromatic nitrogens is 2. The SMILES string of the molecule is CCCC(CC)C(=O)Nc1ccc(S(=O)(=O)Nc2ncccn2)cc1. The van der Waals surface area contributed by atoms with Gasteiger partial charge in [-0.3, -0.25) is 4.79 Å². The van der Waals surface area contributed by atoms with Gasteiger partial charge in [-0.1, -0.05) is 20.3 Å². The van der Waals surface area contributed by atoms with Crippen LogP contribution in [0.1, 0.15) is 33.1 Å². The van der Waals surface area contributed by atoms with Crippen LogP contribution in [0.2, 0.25) is 0 Å². The minimum Gasteiger partial charge on any atom is -0.326 e. The molecule has 0 bridgehead atoms. The van der Waals surface area contributed by atoms with Crippen molar-refractivity contribution in [3.63, 3.8) is 0 Å². The molecule has 25 heavy (non-hydrogen) atoms. The van der Waals surface area contributed by atoms with Crippen molar-refractivity contribution in [2.24, 2.45) is 5.92 Å². The van der Waals surface area contributed by atoms with Gasteiger partial charge in [0.1, 0.15) is 0 Å². The molecule has 0 saturated heterocycles. The largest absolute Gasteiger partial charge is 0.326 e. The number of nitrogens with one attached hydrogen (secondary N) is 2. The molecule has 2 rings (SSSR count). The summed E-state index contributed by atoms with van der Waals surface area (Å²) in [7, 11) is -3.78. The van der Waals surface area contributed by atoms with Crippen LogP contribution in [-0.4, -0.2) is 24.3 Å². The smallest absolute Gasteiger partial charge is 0.264 e. The first-order valence-corrected chi connectivity index (χ1v) is 9.65. The average Bonchev–Trinajstić information content (AvgIpc) is 2.60. The lowest BCUT2D eigenvalue weighted by Gasteiger charge is -2.14. The molecule has 2 N–H and O–H groups in total. The number of benzene rings is 1. The Balaban J connectivity index is 2.07. The highest BCUT2D eigenvalue weighted by Gasteiger charge is 2.17. The van der Waals surface area contributed by atoms with Crippen molar-refractivity contribution in [2.45, 2.75) is 38.0 Å². The van der Waals surface area contributed by atoms with Crippen molar-refractivity contribution in [3.8, 4) is 0 Å². The normalized spacial score (nSPS) is 12.4. The summed E-state index contributed by atoms with van der Waals surface area (Å²) in [5.74, 6) is -0.0775. The van der Waals surface area contributed by atoms with Crippen molar-refractivity contribution >= 4 is 27.6 Å². The summed E-state index contributed by atoms with van der Waals surface area (Å²) in [6.07, 6.45) is 5.44. The van der Waals surface area contributed by atoms with Crippen LogP contribution in [-0.2, 0) is 14.8 Å². The first-order valence-electron chi connectivity index (χ1n) is 8.17. The van der Waals surface area contributed by atoms with E-state index >= 15 is 0 Å². The Labute approximate surface area is 148 Å². The van der Waals surface area contributed by atoms with Gasteiger partial charge in [-0.05, 0) is 43.2 Å². The van der Waals surface area contributed by atoms with Crippen molar-refractivity contribution in [3.05, 3.63) is 42.7 Å². The lowest BCUT2D eigenvalue weighted by Crippen LogP contribution is -2.22. The number of carbonyl (C=O) groups is 1. The third-order valence-electron chi connectivity index (χ3n) is 3.72. The number of sulfonamides is 1. The molecule has 0 saturated carbocycles. The highest BCUT2D eigenvalue weighted by Crippen LogP contribution is 2.18. The Morgan fingerprint density at radius 3 is 2.32 bits per heavy atom. The monoisotopic (exact) mass is 362 g/mol. The zero-order valence-corrected chi connectivity index (χ0v) is 15.1. The summed E-state index contributed by atoms with van der Waals surface area (Å²) in [6.45, 7) is 4.02. The lowest BCUT2D eigenvalue weighted by atomic mass is 10.00. The third kappa shape index (κ3) is 5.25. The zero-order valence-electron chi connectivity index (χ0n) is 14.3. The van der Waals surface area contributed by atoms with E-state index in [1.807, 2.05) is 13.8 Å². The van der Waals surface area contributed by atoms with E-state index in [1.165, 1.54) is 24.5 Å². The van der Waals surface area contributed by atoms with Gasteiger partial charge in [0.2, 0.25) is 11.9 Å². The zero-order chi connectivity index (χ0) is 18.3. The Hall–Kier alpha value is -2.48. The van der Waals surface area contributed by atoms with Gasteiger partial charge in [0, 0.05) is 24.0 Å². The molecule has 134 valence electrons. The molecule has 7 nitrogen and oxygen atoms in total. The van der Waals surface area contributed by atoms with E-state index in [0.29, 0.717) is 5.69 Å². The molecule has 0 spiro atoms. The Kier molecular flexibility index (Phi) is 6.46. The summed E-state index contributed by atoms with van der Waals surface area (Å²) in [6, 6.07) is 7.59. The van der Waals surface area contributed by atoms with Gasteiger partial charge in [0.25, 0.3) is 10.0 Å². The predicted octanol–water partition coefficient (Wildman–Crippen LogP) is 3.04. The van der Waals surface area contributed by atoms with Gasteiger partial charge in [-0.25, -0.2) is 23.1 Å². The van der Waals surface area contributed by atoms with Crippen molar-refractivity contribution in [1.29, 1.82) is 0 Å². The van der Waals surface area contributed by atoms with Crippen LogP contribution in [0.5, 0.6) is 0 Å². The van der Waals surface area contributed by atoms with E-state index in [4.69, 9.17) is 0 Å². The van der Waals surface area contributed by atoms with Gasteiger partial charge in [-0.15, -0.1) is 0 Å². The average molecular weight is 362 g/mol. The van der Waals surface area contributed by atoms with Gasteiger partial charge in [-0.2, -0.15) is 0 Å². The van der Waals surface area contributed by atoms with E-state index in [1.54, 1.807) is 18.2 Å². The number of anilines is 2. The standard InChI is InChI=1S/C17H22N4O3S/c1-3-6-13(4-2)16(22)20-14-7-9-15(10-8-14)25(23,24)21-17-18-11-5-12-19-17/h5,7-13H,3-4,6H2,1-2H3,(H,20,22)(H,18,19,21). The predicted molar refractivity (Wildman–Crippen MR) is 96.6 cm³/mol. The van der Waals surface area contributed by atoms with E-state index in [0.717, 1.165) is 19.3 Å². The molecule has 0 radical (unpaired) electrons. The number of carbonyl (C=O) groups excluding carboxylic acids is 1. The third-order valence-corrected chi connectivity index (χ3v) is 5.07. The maximum absolute atomic E-state index is 12.3. The quantitative estimate of drug-likeness (QED) is 0.751. The molecule has 2 aromatic rings. The van der Waals surface area contributed by atoms with Crippen LogP contribution >= 0.6 is 0 Å². The molecule has 1 atom stereocenters. The molecular weight excluding hydrogens is 340 g/mol. The first kappa shape index (κ1) is 18.9. The minimum absolute atomic E-state index is 0.00484. The molecule has 1 amide bonds. The molecule has 1 aromatic carbocycles. The Morgan fingerprint density at radius 1 is 1.12 bits per heavy atom. The fraction of sp³-hybridized carbons (Fsp3) is 0.353. The fourth-order valence-electron chi connectivity index (χ4n) is 2.36. The summed E-state index contributed by atoms with van der Waals surface area (Å²) in [5.41, 5.74) is 0.564. The van der Waals surface area contributed by atoms with Crippen molar-refractivity contribution in [1.82, 2.24) is 9.97 Å². The number of amides is 1. The molecular formula is C17H22N4O3S. The Morgan fingerprint density at radius 2 is 1.76 bits per heavy atom. The van der Waals surface area contributed by atoms with E-state index in [-0.39, 0.29) is 22.7 Å². The van der Waals surface area contributed by atoms with E-state index in [2.05, 4.69) is 20.0 Å². The van der Waals surface area contributed by atoms with E-state index in [9.17, 15) is 13.2 Å². The summed E-state index contributed by atoms with van der Waals surface area (Å²) < 4.78 is 26.9. The number of nitrogens with zero attached hydrogens (tertiary/aromatic N) is 2. The summed E-state index contributed by atoms with van der Waals surface area (Å²) >= 11 is 0. The minimum atomic E-state index is -3.78. The maximum atomic E-state index is 12.3. The summed E-state index contributed by atoms with van der Waals surface area (Å²) in [5, 5.41) is 2.83. The second-order valence-corrected chi connectivity index (χ2v) is 7.27. The number of hydrogen-bond donors (Lipinski definition) is 2. The second kappa shape index (κ2) is 8.57. The van der Waals surface area contributed by atoms with Crippen LogP contribution in [0, 0.1) is 5.92 Å². The molecule has 0 aliphatic heterocycles. The van der Waals surface area contributed by atoms with Crippen LogP contribution in [0.3, 0.4) is 0 Å². The molecule has 8 heteroatoms. The van der Waals surface area contributed by atoms with Crippen molar-refractivity contribution in [2.75, 3.05) is 10.0 Å². The number of hydrogen-bond acceptors (Lipinski definition) is 5. The van der Waals surface area contributed by atoms with Gasteiger partial charge >= 0.3 is 0 Å². The molecule has 0 aliphatic rings. The summed E-state index contributed by atoms with van der Waals surface area (Å²) in [4.78, 5) is 19.9. The highest BCUT2D eigenvalue weighted by atomic mass is 32.2. The molecule has 1 unspecified atom stereocenters. The van der Waals surface area contributed by atoms with Gasteiger partial charge in [0.05, 0.1) is 4.90 Å². The number of rotatable bonds is 8. The van der Waals surface area contributed by atoms with Crippen LogP contribution in [0.25, 0.3) is 0 Å². The molecule has 1 heterocycles. The molecule has 0 fully saturated rings. The first-order chi connectivity index (χ1) is 12.0. The Bertz CT molecular complexity index is 792. The van der Waals surface area contributed by atoms with Gasteiger partial charge in [0.15, 0.2) is 0 Å². The van der Waals surface area contributed by atoms with Crippen LogP contribution in [0.4, 0.5) is 11.6 Å². The molecule has 1 aromatic heterocycles. The van der Waals surface area contributed by atoms with Crippen LogP contribution in [0.15, 0.2) is 47.6 Å². The fourth-order valence-corrected chi connectivity index (χ4v) is 3.32. The lowest BCUT2D eigenvalue weighted by molar-refractivity contribution is -0.120. The van der Waals surface area contributed by atoms with Crippen molar-refractivity contribution < 1.29 is 13.2 Å². The highest BCUT2D eigenvalue weighted by molar-refractivity contribution is 7.92. The van der Waals surface area contributed by atoms with Crippen LogP contribution < -0.4 is 10.0 Å². The second-order valence-electron chi connectivity index (χ2n) is 5.59. The topological polar surface area (TPSA) is 101 Å². The maximum Gasteiger partial charge on any atom is 0.264 e. The van der Waals surface area contributed by atoms with Gasteiger partial charge < -0.3 is 5.32 Å². The molecule has 0 aliphatic carbocycles. The van der Waals surface area contributed by atoms with E-state index < -0.39 is 10.0 Å².